The topological polar surface area (TPSA) is 66.5 Å². The van der Waals surface area contributed by atoms with Gasteiger partial charge in [0.25, 0.3) is 0 Å². The predicted molar refractivity (Wildman–Crippen MR) is 90.7 cm³/mol. The van der Waals surface area contributed by atoms with Gasteiger partial charge in [0.05, 0.1) is 17.5 Å². The van der Waals surface area contributed by atoms with Crippen LogP contribution >= 0.6 is 0 Å². The first kappa shape index (κ1) is 21.3. The molecule has 0 saturated heterocycles. The average Bonchev–Trinajstić information content (AvgIpc) is 2.45. The van der Waals surface area contributed by atoms with Crippen LogP contribution in [0.5, 0.6) is 0 Å². The zero-order chi connectivity index (χ0) is 19.3. The molecule has 0 aliphatic heterocycles. The van der Waals surface area contributed by atoms with Crippen LogP contribution in [0.1, 0.15) is 32.3 Å². The molecule has 25 heavy (non-hydrogen) atoms. The van der Waals surface area contributed by atoms with Crippen LogP contribution in [-0.4, -0.2) is 33.7 Å². The van der Waals surface area contributed by atoms with Crippen molar-refractivity contribution < 1.29 is 26.4 Å². The molecule has 0 heterocycles. The number of carbonyl (C=O) groups is 1. The Morgan fingerprint density at radius 1 is 1.24 bits per heavy atom. The van der Waals surface area contributed by atoms with Crippen LogP contribution < -0.4 is 9.62 Å². The number of nitrogens with one attached hydrogen (secondary N) is 1. The van der Waals surface area contributed by atoms with Crippen LogP contribution in [0.4, 0.5) is 18.9 Å². The Balaban J connectivity index is 2.93. The van der Waals surface area contributed by atoms with Crippen molar-refractivity contribution in [3.63, 3.8) is 0 Å². The molecule has 0 unspecified atom stereocenters. The van der Waals surface area contributed by atoms with Gasteiger partial charge >= 0.3 is 6.18 Å². The summed E-state index contributed by atoms with van der Waals surface area (Å²) in [6, 6.07) is 4.41. The van der Waals surface area contributed by atoms with Crippen molar-refractivity contribution in [2.45, 2.75) is 32.9 Å². The first-order chi connectivity index (χ1) is 11.4. The van der Waals surface area contributed by atoms with E-state index in [0.29, 0.717) is 16.8 Å². The van der Waals surface area contributed by atoms with Gasteiger partial charge in [-0.2, -0.15) is 13.2 Å². The molecule has 0 aliphatic carbocycles. The fourth-order valence-electron chi connectivity index (χ4n) is 2.19. The van der Waals surface area contributed by atoms with E-state index in [4.69, 9.17) is 0 Å². The number of carbonyl (C=O) groups excluding carboxylic acids is 1. The van der Waals surface area contributed by atoms with Crippen molar-refractivity contribution in [3.05, 3.63) is 29.8 Å². The molecule has 1 aromatic carbocycles. The normalized spacial score (nSPS) is 12.3. The van der Waals surface area contributed by atoms with E-state index in [0.717, 1.165) is 24.8 Å². The van der Waals surface area contributed by atoms with Gasteiger partial charge in [-0.3, -0.25) is 9.10 Å². The molecule has 9 heteroatoms. The lowest BCUT2D eigenvalue weighted by molar-refractivity contribution is -0.137. The van der Waals surface area contributed by atoms with Crippen molar-refractivity contribution in [2.75, 3.05) is 23.7 Å². The van der Waals surface area contributed by atoms with Crippen LogP contribution in [0.15, 0.2) is 24.3 Å². The molecule has 1 amide bonds. The lowest BCUT2D eigenvalue weighted by Crippen LogP contribution is -2.36. The summed E-state index contributed by atoms with van der Waals surface area (Å²) in [6.07, 6.45) is -3.34. The van der Waals surface area contributed by atoms with E-state index < -0.39 is 33.4 Å². The zero-order valence-corrected chi connectivity index (χ0v) is 15.2. The van der Waals surface area contributed by atoms with E-state index >= 15 is 0 Å². The van der Waals surface area contributed by atoms with E-state index in [-0.39, 0.29) is 13.0 Å². The third-order valence-electron chi connectivity index (χ3n) is 3.46. The highest BCUT2D eigenvalue weighted by molar-refractivity contribution is 7.92. The van der Waals surface area contributed by atoms with E-state index in [1.54, 1.807) is 0 Å². The molecule has 0 atom stereocenters. The summed E-state index contributed by atoms with van der Waals surface area (Å²) < 4.78 is 63.9. The van der Waals surface area contributed by atoms with E-state index in [1.807, 2.05) is 13.8 Å². The highest BCUT2D eigenvalue weighted by Gasteiger charge is 2.36. The number of nitrogens with zero attached hydrogens (tertiary/aromatic N) is 1. The Hall–Kier alpha value is -1.77. The molecule has 0 bridgehead atoms. The van der Waals surface area contributed by atoms with Gasteiger partial charge in [-0.15, -0.1) is 0 Å². The summed E-state index contributed by atoms with van der Waals surface area (Å²) in [7, 11) is -3.98. The van der Waals surface area contributed by atoms with Gasteiger partial charge < -0.3 is 5.32 Å². The van der Waals surface area contributed by atoms with Crippen LogP contribution in [-0.2, 0) is 21.0 Å². The number of rotatable bonds is 8. The van der Waals surface area contributed by atoms with Crippen molar-refractivity contribution in [3.8, 4) is 0 Å². The SMILES string of the molecule is CC(C)CCNC(=O)CCN(c1ccccc1C(F)(F)F)S(C)(=O)=O. The van der Waals surface area contributed by atoms with Gasteiger partial charge in [0.1, 0.15) is 0 Å². The Labute approximate surface area is 146 Å². The predicted octanol–water partition coefficient (Wildman–Crippen LogP) is 3.02. The molecule has 0 radical (unpaired) electrons. The molecule has 0 aliphatic rings. The maximum absolute atomic E-state index is 13.1. The molecule has 1 N–H and O–H groups in total. The lowest BCUT2D eigenvalue weighted by Gasteiger charge is -2.25. The maximum Gasteiger partial charge on any atom is 0.418 e. The summed E-state index contributed by atoms with van der Waals surface area (Å²) in [4.78, 5) is 11.8. The van der Waals surface area contributed by atoms with Gasteiger partial charge in [-0.1, -0.05) is 26.0 Å². The van der Waals surface area contributed by atoms with Gasteiger partial charge in [0.15, 0.2) is 0 Å². The minimum atomic E-state index is -4.70. The Morgan fingerprint density at radius 3 is 2.36 bits per heavy atom. The van der Waals surface area contributed by atoms with Crippen LogP contribution in [0, 0.1) is 5.92 Å². The zero-order valence-electron chi connectivity index (χ0n) is 14.4. The first-order valence-corrected chi connectivity index (χ1v) is 9.68. The number of benzene rings is 1. The largest absolute Gasteiger partial charge is 0.418 e. The van der Waals surface area contributed by atoms with E-state index in [1.165, 1.54) is 12.1 Å². The molecule has 5 nitrogen and oxygen atoms in total. The number of anilines is 1. The highest BCUT2D eigenvalue weighted by atomic mass is 32.2. The molecule has 1 aromatic rings. The summed E-state index contributed by atoms with van der Waals surface area (Å²) in [6.45, 7) is 4.06. The van der Waals surface area contributed by atoms with Crippen LogP contribution in [0.3, 0.4) is 0 Å². The van der Waals surface area contributed by atoms with Crippen molar-refractivity contribution in [1.29, 1.82) is 0 Å². The summed E-state index contributed by atoms with van der Waals surface area (Å²) in [5.74, 6) is -0.00901. The number of para-hydroxylation sites is 1. The minimum Gasteiger partial charge on any atom is -0.356 e. The number of halogens is 3. The fourth-order valence-corrected chi connectivity index (χ4v) is 3.13. The summed E-state index contributed by atoms with van der Waals surface area (Å²) in [5.41, 5.74) is -1.53. The molecule has 0 aromatic heterocycles. The molecule has 0 spiro atoms. The summed E-state index contributed by atoms with van der Waals surface area (Å²) >= 11 is 0. The van der Waals surface area contributed by atoms with Gasteiger partial charge in [-0.25, -0.2) is 8.42 Å². The number of amides is 1. The third kappa shape index (κ3) is 6.93. The smallest absolute Gasteiger partial charge is 0.356 e. The Bertz CT molecular complexity index is 688. The molecule has 1 rings (SSSR count). The number of hydrogen-bond donors (Lipinski definition) is 1. The quantitative estimate of drug-likeness (QED) is 0.754. The molecule has 0 saturated carbocycles. The summed E-state index contributed by atoms with van der Waals surface area (Å²) in [5, 5.41) is 2.63. The third-order valence-corrected chi connectivity index (χ3v) is 4.64. The van der Waals surface area contributed by atoms with Crippen LogP contribution in [0.25, 0.3) is 0 Å². The van der Waals surface area contributed by atoms with E-state index in [2.05, 4.69) is 5.32 Å². The molecule has 0 fully saturated rings. The molecular weight excluding hydrogens is 357 g/mol. The number of alkyl halides is 3. The van der Waals surface area contributed by atoms with Crippen LogP contribution in [0.2, 0.25) is 0 Å². The van der Waals surface area contributed by atoms with Crippen molar-refractivity contribution in [2.24, 2.45) is 5.92 Å². The Morgan fingerprint density at radius 2 is 1.84 bits per heavy atom. The van der Waals surface area contributed by atoms with E-state index in [9.17, 15) is 26.4 Å². The van der Waals surface area contributed by atoms with Crippen molar-refractivity contribution in [1.82, 2.24) is 5.32 Å². The fraction of sp³-hybridized carbons (Fsp3) is 0.562. The lowest BCUT2D eigenvalue weighted by atomic mass is 10.1. The first-order valence-electron chi connectivity index (χ1n) is 7.83. The minimum absolute atomic E-state index is 0.225. The molecule has 142 valence electrons. The van der Waals surface area contributed by atoms with Gasteiger partial charge in [0.2, 0.25) is 15.9 Å². The maximum atomic E-state index is 13.1. The second-order valence-electron chi connectivity index (χ2n) is 6.13. The van der Waals surface area contributed by atoms with Gasteiger partial charge in [0, 0.05) is 19.5 Å². The van der Waals surface area contributed by atoms with Gasteiger partial charge in [-0.05, 0) is 24.5 Å². The average molecular weight is 380 g/mol. The highest BCUT2D eigenvalue weighted by Crippen LogP contribution is 2.37. The second kappa shape index (κ2) is 8.55. The monoisotopic (exact) mass is 380 g/mol. The number of hydrogen-bond acceptors (Lipinski definition) is 3. The Kier molecular flexibility index (Phi) is 7.28. The standard InChI is InChI=1S/C16H23F3N2O3S/c1-12(2)8-10-20-15(22)9-11-21(25(3,23)24)14-7-5-4-6-13(14)16(17,18)19/h4-7,12H,8-11H2,1-3H3,(H,20,22). The second-order valence-corrected chi connectivity index (χ2v) is 8.04. The molecular formula is C16H23F3N2O3S. The number of sulfonamides is 1. The van der Waals surface area contributed by atoms with Crippen molar-refractivity contribution >= 4 is 21.6 Å².